The average Bonchev–Trinajstić information content (AvgIpc) is 3.59. The van der Waals surface area contributed by atoms with Crippen LogP contribution < -0.4 is 5.32 Å². The van der Waals surface area contributed by atoms with Gasteiger partial charge in [0.05, 0.1) is 12.6 Å². The molecule has 3 aliphatic rings. The van der Waals surface area contributed by atoms with Gasteiger partial charge in [-0.05, 0) is 92.2 Å². The minimum atomic E-state index is -0.519. The Balaban J connectivity index is 1.45. The van der Waals surface area contributed by atoms with Gasteiger partial charge in [0.2, 0.25) is 0 Å². The highest BCUT2D eigenvalue weighted by Gasteiger charge is 2.53. The van der Waals surface area contributed by atoms with Crippen LogP contribution in [0.2, 0.25) is 0 Å². The zero-order valence-corrected chi connectivity index (χ0v) is 26.9. The third-order valence-electron chi connectivity index (χ3n) is 9.67. The molecule has 3 heterocycles. The van der Waals surface area contributed by atoms with E-state index >= 15 is 0 Å². The molecule has 2 aromatic rings. The van der Waals surface area contributed by atoms with Crippen LogP contribution in [-0.4, -0.2) is 66.8 Å². The summed E-state index contributed by atoms with van der Waals surface area (Å²) >= 11 is 0. The summed E-state index contributed by atoms with van der Waals surface area (Å²) in [5.74, 6) is 1.59. The topological polar surface area (TPSA) is 119 Å². The fourth-order valence-corrected chi connectivity index (χ4v) is 7.03. The predicted molar refractivity (Wildman–Crippen MR) is 167 cm³/mol. The van der Waals surface area contributed by atoms with Crippen molar-refractivity contribution < 1.29 is 9.59 Å². The van der Waals surface area contributed by atoms with E-state index in [0.717, 1.165) is 70.0 Å². The van der Waals surface area contributed by atoms with Gasteiger partial charge in [0.25, 0.3) is 11.8 Å². The highest BCUT2D eigenvalue weighted by atomic mass is 16.2. The van der Waals surface area contributed by atoms with Crippen molar-refractivity contribution in [3.05, 3.63) is 41.2 Å². The lowest BCUT2D eigenvalue weighted by atomic mass is 9.69. The van der Waals surface area contributed by atoms with E-state index in [9.17, 15) is 9.59 Å². The Morgan fingerprint density at radius 2 is 1.72 bits per heavy atom. The SMILES string of the molecule is CC(C)(C)CC[C@H](c1ccc(C(=O)NCc2nn[nH]n2)cc1)N1C(=O)C(N2CCCCC2)=NC12CCC(C(C)(C)C)CC2. The van der Waals surface area contributed by atoms with E-state index in [1.807, 2.05) is 24.3 Å². The molecular formula is C33H50N8O2. The van der Waals surface area contributed by atoms with Crippen molar-refractivity contribution in [2.24, 2.45) is 21.7 Å². The van der Waals surface area contributed by atoms with Gasteiger partial charge in [-0.3, -0.25) is 9.59 Å². The number of hydrogen-bond acceptors (Lipinski definition) is 7. The fourth-order valence-electron chi connectivity index (χ4n) is 7.03. The summed E-state index contributed by atoms with van der Waals surface area (Å²) in [6, 6.07) is 7.65. The van der Waals surface area contributed by atoms with Gasteiger partial charge >= 0.3 is 0 Å². The van der Waals surface area contributed by atoms with Crippen molar-refractivity contribution in [3.8, 4) is 0 Å². The van der Waals surface area contributed by atoms with Gasteiger partial charge in [0, 0.05) is 18.7 Å². The number of tetrazole rings is 1. The number of rotatable bonds is 7. The molecule has 0 unspecified atom stereocenters. The lowest BCUT2D eigenvalue weighted by Gasteiger charge is -2.47. The third-order valence-corrected chi connectivity index (χ3v) is 9.67. The number of hydrogen-bond donors (Lipinski definition) is 2. The van der Waals surface area contributed by atoms with E-state index in [4.69, 9.17) is 4.99 Å². The van der Waals surface area contributed by atoms with Gasteiger partial charge in [-0.15, -0.1) is 10.2 Å². The number of carbonyl (C=O) groups is 2. The maximum Gasteiger partial charge on any atom is 0.291 e. The van der Waals surface area contributed by atoms with E-state index in [0.29, 0.717) is 23.1 Å². The fraction of sp³-hybridized carbons (Fsp3) is 0.697. The molecular weight excluding hydrogens is 540 g/mol. The summed E-state index contributed by atoms with van der Waals surface area (Å²) < 4.78 is 0. The molecule has 2 aliphatic heterocycles. The molecule has 1 aliphatic carbocycles. The number of likely N-dealkylation sites (tertiary alicyclic amines) is 1. The number of aromatic amines is 1. The summed E-state index contributed by atoms with van der Waals surface area (Å²) in [5, 5.41) is 16.6. The van der Waals surface area contributed by atoms with E-state index < -0.39 is 5.66 Å². The lowest BCUT2D eigenvalue weighted by molar-refractivity contribution is -0.134. The Hall–Kier alpha value is -3.30. The van der Waals surface area contributed by atoms with Crippen LogP contribution in [0.25, 0.3) is 0 Å². The number of amides is 2. The molecule has 2 fully saturated rings. The van der Waals surface area contributed by atoms with Gasteiger partial charge in [-0.2, -0.15) is 5.21 Å². The van der Waals surface area contributed by atoms with Crippen molar-refractivity contribution in [3.63, 3.8) is 0 Å². The van der Waals surface area contributed by atoms with Crippen LogP contribution >= 0.6 is 0 Å². The van der Waals surface area contributed by atoms with Crippen LogP contribution in [0.1, 0.15) is 127 Å². The second kappa shape index (κ2) is 12.4. The number of H-pyrrole nitrogens is 1. The summed E-state index contributed by atoms with van der Waals surface area (Å²) in [6.07, 6.45) is 9.14. The second-order valence-electron chi connectivity index (χ2n) is 15.0. The molecule has 1 saturated heterocycles. The number of nitrogens with zero attached hydrogens (tertiary/aromatic N) is 6. The largest absolute Gasteiger partial charge is 0.352 e. The van der Waals surface area contributed by atoms with Crippen LogP contribution in [-0.2, 0) is 11.3 Å². The average molecular weight is 591 g/mol. The summed E-state index contributed by atoms with van der Waals surface area (Å²) in [5.41, 5.74) is 1.44. The smallest absolute Gasteiger partial charge is 0.291 e. The van der Waals surface area contributed by atoms with E-state index in [1.165, 1.54) is 6.42 Å². The van der Waals surface area contributed by atoms with Gasteiger partial charge in [-0.25, -0.2) is 4.99 Å². The van der Waals surface area contributed by atoms with Crippen molar-refractivity contribution >= 4 is 17.6 Å². The van der Waals surface area contributed by atoms with Gasteiger partial charge in [0.15, 0.2) is 11.7 Å². The first-order valence-corrected chi connectivity index (χ1v) is 16.2. The first-order valence-electron chi connectivity index (χ1n) is 16.2. The predicted octanol–water partition coefficient (Wildman–Crippen LogP) is 5.66. The number of benzene rings is 1. The molecule has 0 radical (unpaired) electrons. The molecule has 43 heavy (non-hydrogen) atoms. The molecule has 1 atom stereocenters. The highest BCUT2D eigenvalue weighted by molar-refractivity contribution is 6.39. The maximum atomic E-state index is 14.5. The Kier molecular flexibility index (Phi) is 8.95. The number of carbonyl (C=O) groups excluding carboxylic acids is 2. The number of nitrogens with one attached hydrogen (secondary N) is 2. The first-order chi connectivity index (χ1) is 20.4. The van der Waals surface area contributed by atoms with Crippen molar-refractivity contribution in [2.45, 2.75) is 118 Å². The summed E-state index contributed by atoms with van der Waals surface area (Å²) in [4.78, 5) is 37.2. The number of aliphatic imine (C=N–C) groups is 1. The molecule has 234 valence electrons. The molecule has 0 bridgehead atoms. The molecule has 2 N–H and O–H groups in total. The molecule has 1 saturated carbocycles. The maximum absolute atomic E-state index is 14.5. The first kappa shape index (κ1) is 31.1. The highest BCUT2D eigenvalue weighted by Crippen LogP contribution is 2.50. The zero-order valence-electron chi connectivity index (χ0n) is 26.9. The quantitative estimate of drug-likeness (QED) is 0.430. The van der Waals surface area contributed by atoms with Gasteiger partial charge in [-0.1, -0.05) is 58.9 Å². The molecule has 10 nitrogen and oxygen atoms in total. The molecule has 1 aromatic carbocycles. The number of piperidine rings is 1. The third kappa shape index (κ3) is 7.10. The van der Waals surface area contributed by atoms with Crippen molar-refractivity contribution in [1.82, 2.24) is 35.7 Å². The zero-order chi connectivity index (χ0) is 30.8. The van der Waals surface area contributed by atoms with E-state index in [-0.39, 0.29) is 35.2 Å². The van der Waals surface area contributed by atoms with Crippen molar-refractivity contribution in [1.29, 1.82) is 0 Å². The van der Waals surface area contributed by atoms with Gasteiger partial charge < -0.3 is 15.1 Å². The van der Waals surface area contributed by atoms with Gasteiger partial charge in [0.1, 0.15) is 5.66 Å². The standard InChI is InChI=1S/C33H50N8O2/c1-31(2,3)17-16-26(23-10-12-24(13-11-23)29(42)34-22-27-36-38-39-37-27)41-30(43)28(40-20-8-7-9-21-40)35-33(41)18-14-25(15-19-33)32(4,5)6/h10-13,25-26H,7-9,14-22H2,1-6H3,(H,34,42)(H,36,37,38,39)/t25?,26-,33?/m1/s1. The van der Waals surface area contributed by atoms with Crippen LogP contribution in [0.3, 0.4) is 0 Å². The minimum absolute atomic E-state index is 0.0805. The minimum Gasteiger partial charge on any atom is -0.352 e. The molecule has 5 rings (SSSR count). The molecule has 10 heteroatoms. The number of aromatic nitrogens is 4. The van der Waals surface area contributed by atoms with Crippen LogP contribution in [0.5, 0.6) is 0 Å². The Morgan fingerprint density at radius 1 is 1.05 bits per heavy atom. The summed E-state index contributed by atoms with van der Waals surface area (Å²) in [7, 11) is 0. The Bertz CT molecular complexity index is 1280. The molecule has 2 amide bonds. The van der Waals surface area contributed by atoms with Crippen LogP contribution in [0.4, 0.5) is 0 Å². The summed E-state index contributed by atoms with van der Waals surface area (Å²) in [6.45, 7) is 15.8. The van der Waals surface area contributed by atoms with E-state index in [2.05, 4.69) is 77.3 Å². The van der Waals surface area contributed by atoms with E-state index in [1.54, 1.807) is 0 Å². The Labute approximate surface area is 256 Å². The number of amidine groups is 1. The van der Waals surface area contributed by atoms with Crippen LogP contribution in [0, 0.1) is 16.7 Å². The normalized spacial score (nSPS) is 23.9. The lowest BCUT2D eigenvalue weighted by Crippen LogP contribution is -2.52. The molecule has 1 spiro atoms. The second-order valence-corrected chi connectivity index (χ2v) is 15.0. The Morgan fingerprint density at radius 3 is 2.30 bits per heavy atom. The molecule has 1 aromatic heterocycles. The monoisotopic (exact) mass is 590 g/mol. The van der Waals surface area contributed by atoms with Crippen molar-refractivity contribution in [2.75, 3.05) is 13.1 Å². The van der Waals surface area contributed by atoms with Crippen LogP contribution in [0.15, 0.2) is 29.3 Å².